The van der Waals surface area contributed by atoms with Crippen LogP contribution in [-0.2, 0) is 0 Å². The van der Waals surface area contributed by atoms with Crippen molar-refractivity contribution in [3.63, 3.8) is 0 Å². The Morgan fingerprint density at radius 2 is 1.90 bits per heavy atom. The second-order valence-corrected chi connectivity index (χ2v) is 4.38. The molecule has 2 N–H and O–H groups in total. The SMILES string of the molecule is Cc1cc2ncc(NC(=O)Nc3ccccc3)cn2n1. The standard InChI is InChI=1S/C14H13N5O/c1-10-7-13-15-8-12(9-19(13)18-10)17-14(20)16-11-5-3-2-4-6-11/h2-9H,1H3,(H2,16,17,20). The quantitative estimate of drug-likeness (QED) is 0.749. The van der Waals surface area contributed by atoms with E-state index in [0.29, 0.717) is 5.69 Å². The lowest BCUT2D eigenvalue weighted by Gasteiger charge is -2.07. The molecule has 2 aromatic heterocycles. The summed E-state index contributed by atoms with van der Waals surface area (Å²) in [6.07, 6.45) is 3.32. The highest BCUT2D eigenvalue weighted by Crippen LogP contribution is 2.10. The molecule has 20 heavy (non-hydrogen) atoms. The first-order valence-corrected chi connectivity index (χ1v) is 6.16. The first-order valence-electron chi connectivity index (χ1n) is 6.16. The van der Waals surface area contributed by atoms with Gasteiger partial charge in [-0.3, -0.25) is 0 Å². The molecule has 3 rings (SSSR count). The van der Waals surface area contributed by atoms with Crippen LogP contribution < -0.4 is 10.6 Å². The Kier molecular flexibility index (Phi) is 3.04. The van der Waals surface area contributed by atoms with Gasteiger partial charge in [-0.05, 0) is 19.1 Å². The summed E-state index contributed by atoms with van der Waals surface area (Å²) in [4.78, 5) is 16.1. The van der Waals surface area contributed by atoms with E-state index in [2.05, 4.69) is 20.7 Å². The molecule has 2 amide bonds. The number of carbonyl (C=O) groups excluding carboxylic acids is 1. The van der Waals surface area contributed by atoms with Crippen molar-refractivity contribution in [2.45, 2.75) is 6.92 Å². The minimum Gasteiger partial charge on any atom is -0.308 e. The van der Waals surface area contributed by atoms with Crippen LogP contribution in [0.1, 0.15) is 5.69 Å². The predicted molar refractivity (Wildman–Crippen MR) is 76.8 cm³/mol. The number of hydrogen-bond donors (Lipinski definition) is 2. The van der Waals surface area contributed by atoms with Crippen LogP contribution >= 0.6 is 0 Å². The fraction of sp³-hybridized carbons (Fsp3) is 0.0714. The molecule has 1 aromatic carbocycles. The van der Waals surface area contributed by atoms with E-state index in [1.54, 1.807) is 16.9 Å². The molecule has 0 spiro atoms. The number of fused-ring (bicyclic) bond motifs is 1. The molecule has 0 saturated heterocycles. The van der Waals surface area contributed by atoms with Gasteiger partial charge in [0.25, 0.3) is 0 Å². The van der Waals surface area contributed by atoms with Crippen LogP contribution in [-0.4, -0.2) is 20.6 Å². The first kappa shape index (κ1) is 12.2. The number of rotatable bonds is 2. The van der Waals surface area contributed by atoms with E-state index in [4.69, 9.17) is 0 Å². The maximum Gasteiger partial charge on any atom is 0.323 e. The Morgan fingerprint density at radius 1 is 1.15 bits per heavy atom. The second-order valence-electron chi connectivity index (χ2n) is 4.38. The monoisotopic (exact) mass is 267 g/mol. The number of carbonyl (C=O) groups is 1. The number of nitrogens with zero attached hydrogens (tertiary/aromatic N) is 3. The summed E-state index contributed by atoms with van der Waals surface area (Å²) in [7, 11) is 0. The molecule has 0 aliphatic carbocycles. The summed E-state index contributed by atoms with van der Waals surface area (Å²) in [5, 5.41) is 9.70. The molecule has 0 fully saturated rings. The van der Waals surface area contributed by atoms with Gasteiger partial charge in [0, 0.05) is 11.8 Å². The van der Waals surface area contributed by atoms with Crippen molar-refractivity contribution >= 4 is 23.1 Å². The van der Waals surface area contributed by atoms with E-state index in [1.165, 1.54) is 0 Å². The summed E-state index contributed by atoms with van der Waals surface area (Å²) < 4.78 is 1.63. The van der Waals surface area contributed by atoms with Gasteiger partial charge in [-0.2, -0.15) is 5.10 Å². The minimum absolute atomic E-state index is 0.318. The third kappa shape index (κ3) is 2.59. The summed E-state index contributed by atoms with van der Waals surface area (Å²) in [6.45, 7) is 1.89. The topological polar surface area (TPSA) is 71.3 Å². The Bertz CT molecular complexity index is 751. The average molecular weight is 267 g/mol. The van der Waals surface area contributed by atoms with Gasteiger partial charge in [0.05, 0.1) is 23.8 Å². The number of anilines is 2. The smallest absolute Gasteiger partial charge is 0.308 e. The fourth-order valence-electron chi connectivity index (χ4n) is 1.87. The molecular weight excluding hydrogens is 254 g/mol. The summed E-state index contributed by atoms with van der Waals surface area (Å²) >= 11 is 0. The lowest BCUT2D eigenvalue weighted by atomic mass is 10.3. The van der Waals surface area contributed by atoms with E-state index in [9.17, 15) is 4.79 Å². The molecule has 0 bridgehead atoms. The first-order chi connectivity index (χ1) is 9.70. The van der Waals surface area contributed by atoms with E-state index < -0.39 is 0 Å². The third-order valence-corrected chi connectivity index (χ3v) is 2.72. The second kappa shape index (κ2) is 5.00. The average Bonchev–Trinajstić information content (AvgIpc) is 2.79. The zero-order valence-corrected chi connectivity index (χ0v) is 10.9. The van der Waals surface area contributed by atoms with Gasteiger partial charge in [-0.15, -0.1) is 0 Å². The third-order valence-electron chi connectivity index (χ3n) is 2.72. The molecule has 2 heterocycles. The number of aromatic nitrogens is 3. The number of para-hydroxylation sites is 1. The molecule has 6 heteroatoms. The van der Waals surface area contributed by atoms with Crippen LogP contribution in [0.25, 0.3) is 5.65 Å². The molecule has 0 unspecified atom stereocenters. The molecule has 0 atom stereocenters. The van der Waals surface area contributed by atoms with Crippen molar-refractivity contribution in [3.8, 4) is 0 Å². The fourth-order valence-corrected chi connectivity index (χ4v) is 1.87. The van der Waals surface area contributed by atoms with Gasteiger partial charge < -0.3 is 10.6 Å². The van der Waals surface area contributed by atoms with Crippen LogP contribution in [0.4, 0.5) is 16.2 Å². The molecule has 0 saturated carbocycles. The molecular formula is C14H13N5O. The van der Waals surface area contributed by atoms with Crippen molar-refractivity contribution in [3.05, 3.63) is 54.5 Å². The lowest BCUT2D eigenvalue weighted by Crippen LogP contribution is -2.19. The highest BCUT2D eigenvalue weighted by molar-refractivity contribution is 5.99. The van der Waals surface area contributed by atoms with Crippen LogP contribution in [0.2, 0.25) is 0 Å². The number of hydrogen-bond acceptors (Lipinski definition) is 3. The number of urea groups is 1. The largest absolute Gasteiger partial charge is 0.323 e. The molecule has 100 valence electrons. The van der Waals surface area contributed by atoms with Crippen molar-refractivity contribution in [2.24, 2.45) is 0 Å². The maximum absolute atomic E-state index is 11.8. The van der Waals surface area contributed by atoms with Gasteiger partial charge in [0.2, 0.25) is 0 Å². The number of benzene rings is 1. The lowest BCUT2D eigenvalue weighted by molar-refractivity contribution is 0.262. The van der Waals surface area contributed by atoms with Crippen LogP contribution in [0.15, 0.2) is 48.8 Å². The van der Waals surface area contributed by atoms with Crippen molar-refractivity contribution < 1.29 is 4.79 Å². The van der Waals surface area contributed by atoms with E-state index in [0.717, 1.165) is 17.0 Å². The van der Waals surface area contributed by atoms with Gasteiger partial charge in [-0.1, -0.05) is 18.2 Å². The highest BCUT2D eigenvalue weighted by atomic mass is 16.2. The zero-order chi connectivity index (χ0) is 13.9. The number of aryl methyl sites for hydroxylation is 1. The zero-order valence-electron chi connectivity index (χ0n) is 10.9. The van der Waals surface area contributed by atoms with E-state index >= 15 is 0 Å². The number of amides is 2. The van der Waals surface area contributed by atoms with Crippen molar-refractivity contribution in [1.29, 1.82) is 0 Å². The normalized spacial score (nSPS) is 10.4. The maximum atomic E-state index is 11.8. The Balaban J connectivity index is 1.74. The Labute approximate surface area is 115 Å². The molecule has 0 aliphatic rings. The molecule has 0 aliphatic heterocycles. The Hall–Kier alpha value is -2.89. The summed E-state index contributed by atoms with van der Waals surface area (Å²) in [6, 6.07) is 10.8. The van der Waals surface area contributed by atoms with Crippen molar-refractivity contribution in [2.75, 3.05) is 10.6 Å². The summed E-state index contributed by atoms with van der Waals surface area (Å²) in [5.74, 6) is 0. The predicted octanol–water partition coefficient (Wildman–Crippen LogP) is 2.68. The van der Waals surface area contributed by atoms with E-state index in [1.807, 2.05) is 43.3 Å². The van der Waals surface area contributed by atoms with Gasteiger partial charge in [0.1, 0.15) is 0 Å². The Morgan fingerprint density at radius 3 is 2.70 bits per heavy atom. The van der Waals surface area contributed by atoms with Gasteiger partial charge in [0.15, 0.2) is 5.65 Å². The van der Waals surface area contributed by atoms with E-state index in [-0.39, 0.29) is 6.03 Å². The van der Waals surface area contributed by atoms with Crippen LogP contribution in [0.5, 0.6) is 0 Å². The molecule has 0 radical (unpaired) electrons. The molecule has 6 nitrogen and oxygen atoms in total. The van der Waals surface area contributed by atoms with Crippen LogP contribution in [0, 0.1) is 6.92 Å². The molecule has 3 aromatic rings. The number of nitrogens with one attached hydrogen (secondary N) is 2. The van der Waals surface area contributed by atoms with Gasteiger partial charge in [-0.25, -0.2) is 14.3 Å². The summed E-state index contributed by atoms with van der Waals surface area (Å²) in [5.41, 5.74) is 2.93. The van der Waals surface area contributed by atoms with Crippen molar-refractivity contribution in [1.82, 2.24) is 14.6 Å². The van der Waals surface area contributed by atoms with Crippen LogP contribution in [0.3, 0.4) is 0 Å². The minimum atomic E-state index is -0.318. The van der Waals surface area contributed by atoms with Gasteiger partial charge >= 0.3 is 6.03 Å². The highest BCUT2D eigenvalue weighted by Gasteiger charge is 2.05.